The van der Waals surface area contributed by atoms with Crippen molar-refractivity contribution in [3.8, 4) is 17.2 Å². The molecule has 1 aromatic carbocycles. The van der Waals surface area contributed by atoms with Crippen molar-refractivity contribution in [1.29, 1.82) is 0 Å². The maximum Gasteiger partial charge on any atom is 0.231 e. The molecule has 2 rings (SSSR count). The lowest BCUT2D eigenvalue weighted by molar-refractivity contribution is 0.173. The minimum Gasteiger partial charge on any atom is -0.493 e. The molecule has 0 bridgehead atoms. The van der Waals surface area contributed by atoms with Crippen LogP contribution in [0.25, 0.3) is 0 Å². The van der Waals surface area contributed by atoms with E-state index in [4.69, 9.17) is 14.2 Å². The van der Waals surface area contributed by atoms with Gasteiger partial charge >= 0.3 is 0 Å². The molecule has 1 aliphatic heterocycles. The molecule has 94 valence electrons. The Balaban J connectivity index is 1.76. The number of nitrogens with one attached hydrogen (secondary N) is 1. The van der Waals surface area contributed by atoms with E-state index in [1.165, 1.54) is 0 Å². The normalized spacial score (nSPS) is 14.7. The first-order valence-electron chi connectivity index (χ1n) is 5.99. The molecule has 1 aliphatic rings. The number of fused-ring (bicyclic) bond motifs is 1. The van der Waals surface area contributed by atoms with Crippen molar-refractivity contribution in [2.24, 2.45) is 0 Å². The van der Waals surface area contributed by atoms with Gasteiger partial charge in [0.05, 0.1) is 6.61 Å². The van der Waals surface area contributed by atoms with Crippen LogP contribution in [0.3, 0.4) is 0 Å². The second-order valence-electron chi connectivity index (χ2n) is 4.20. The zero-order valence-corrected chi connectivity index (χ0v) is 10.4. The van der Waals surface area contributed by atoms with E-state index >= 15 is 0 Å². The molecule has 1 aromatic rings. The van der Waals surface area contributed by atoms with Gasteiger partial charge in [0, 0.05) is 12.1 Å². The summed E-state index contributed by atoms with van der Waals surface area (Å²) in [6.07, 6.45) is 2.15. The third-order valence-corrected chi connectivity index (χ3v) is 2.89. The van der Waals surface area contributed by atoms with E-state index in [1.807, 2.05) is 25.2 Å². The lowest BCUT2D eigenvalue weighted by Gasteiger charge is -2.10. The predicted octanol–water partition coefficient (Wildman–Crippen LogP) is 2.18. The van der Waals surface area contributed by atoms with E-state index in [-0.39, 0.29) is 0 Å². The van der Waals surface area contributed by atoms with Gasteiger partial charge in [-0.25, -0.2) is 0 Å². The van der Waals surface area contributed by atoms with Crippen molar-refractivity contribution >= 4 is 0 Å². The molecular formula is C13H19NO3. The smallest absolute Gasteiger partial charge is 0.231 e. The third kappa shape index (κ3) is 3.27. The fraction of sp³-hybridized carbons (Fsp3) is 0.538. The molecule has 1 heterocycles. The van der Waals surface area contributed by atoms with Crippen molar-refractivity contribution in [2.75, 3.05) is 20.4 Å². The van der Waals surface area contributed by atoms with Gasteiger partial charge in [-0.05, 0) is 38.9 Å². The van der Waals surface area contributed by atoms with Crippen LogP contribution in [0.5, 0.6) is 17.2 Å². The van der Waals surface area contributed by atoms with Gasteiger partial charge in [-0.15, -0.1) is 0 Å². The average molecular weight is 237 g/mol. The summed E-state index contributed by atoms with van der Waals surface area (Å²) in [5.74, 6) is 2.40. The first-order chi connectivity index (χ1) is 8.29. The van der Waals surface area contributed by atoms with E-state index in [0.717, 1.165) is 36.7 Å². The Labute approximate surface area is 102 Å². The number of hydrogen-bond acceptors (Lipinski definition) is 4. The molecule has 4 heteroatoms. The molecule has 1 unspecified atom stereocenters. The SMILES string of the molecule is CNC(C)CCCOc1ccc2c(c1)OCO2. The predicted molar refractivity (Wildman–Crippen MR) is 65.8 cm³/mol. The molecule has 17 heavy (non-hydrogen) atoms. The summed E-state index contributed by atoms with van der Waals surface area (Å²) >= 11 is 0. The molecule has 1 atom stereocenters. The molecule has 0 spiro atoms. The summed E-state index contributed by atoms with van der Waals surface area (Å²) in [6, 6.07) is 6.21. The van der Waals surface area contributed by atoms with E-state index in [0.29, 0.717) is 12.8 Å². The van der Waals surface area contributed by atoms with Crippen molar-refractivity contribution in [2.45, 2.75) is 25.8 Å². The fourth-order valence-corrected chi connectivity index (χ4v) is 1.69. The van der Waals surface area contributed by atoms with Crippen LogP contribution >= 0.6 is 0 Å². The first kappa shape index (κ1) is 12.0. The van der Waals surface area contributed by atoms with Crippen molar-refractivity contribution in [1.82, 2.24) is 5.32 Å². The summed E-state index contributed by atoms with van der Waals surface area (Å²) in [6.45, 7) is 3.20. The molecule has 0 amide bonds. The van der Waals surface area contributed by atoms with E-state index in [9.17, 15) is 0 Å². The van der Waals surface area contributed by atoms with Crippen LogP contribution in [-0.2, 0) is 0 Å². The van der Waals surface area contributed by atoms with E-state index in [1.54, 1.807) is 0 Å². The van der Waals surface area contributed by atoms with Crippen LogP contribution in [0.4, 0.5) is 0 Å². The van der Waals surface area contributed by atoms with Crippen LogP contribution in [0.2, 0.25) is 0 Å². The Morgan fingerprint density at radius 2 is 2.18 bits per heavy atom. The minimum absolute atomic E-state index is 0.304. The van der Waals surface area contributed by atoms with Gasteiger partial charge < -0.3 is 19.5 Å². The number of benzene rings is 1. The molecule has 1 N–H and O–H groups in total. The Kier molecular flexibility index (Phi) is 4.09. The highest BCUT2D eigenvalue weighted by Crippen LogP contribution is 2.35. The van der Waals surface area contributed by atoms with Gasteiger partial charge in [-0.3, -0.25) is 0 Å². The van der Waals surface area contributed by atoms with Crippen LogP contribution in [0.1, 0.15) is 19.8 Å². The van der Waals surface area contributed by atoms with Crippen LogP contribution in [-0.4, -0.2) is 26.5 Å². The Morgan fingerprint density at radius 3 is 3.00 bits per heavy atom. The highest BCUT2D eigenvalue weighted by atomic mass is 16.7. The van der Waals surface area contributed by atoms with Crippen molar-refractivity contribution < 1.29 is 14.2 Å². The van der Waals surface area contributed by atoms with E-state index < -0.39 is 0 Å². The Bertz CT molecular complexity index is 368. The maximum atomic E-state index is 5.66. The monoisotopic (exact) mass is 237 g/mol. The molecule has 4 nitrogen and oxygen atoms in total. The summed E-state index contributed by atoms with van der Waals surface area (Å²) in [5, 5.41) is 3.21. The highest BCUT2D eigenvalue weighted by molar-refractivity contribution is 5.46. The van der Waals surface area contributed by atoms with Gasteiger partial charge in [0.2, 0.25) is 6.79 Å². The first-order valence-corrected chi connectivity index (χ1v) is 5.99. The molecule has 0 saturated heterocycles. The molecular weight excluding hydrogens is 218 g/mol. The minimum atomic E-state index is 0.304. The van der Waals surface area contributed by atoms with Gasteiger partial charge in [0.1, 0.15) is 5.75 Å². The highest BCUT2D eigenvalue weighted by Gasteiger charge is 2.13. The van der Waals surface area contributed by atoms with Crippen molar-refractivity contribution in [3.63, 3.8) is 0 Å². The molecule has 0 saturated carbocycles. The quantitative estimate of drug-likeness (QED) is 0.770. The second kappa shape index (κ2) is 5.77. The van der Waals surface area contributed by atoms with Gasteiger partial charge in [-0.1, -0.05) is 0 Å². The number of rotatable bonds is 6. The number of hydrogen-bond donors (Lipinski definition) is 1. The maximum absolute atomic E-state index is 5.66. The largest absolute Gasteiger partial charge is 0.493 e. The number of ether oxygens (including phenoxy) is 3. The topological polar surface area (TPSA) is 39.7 Å². The molecule has 0 fully saturated rings. The van der Waals surface area contributed by atoms with E-state index in [2.05, 4.69) is 12.2 Å². The zero-order valence-electron chi connectivity index (χ0n) is 10.4. The summed E-state index contributed by atoms with van der Waals surface area (Å²) in [4.78, 5) is 0. The molecule has 0 radical (unpaired) electrons. The van der Waals surface area contributed by atoms with Gasteiger partial charge in [0.15, 0.2) is 11.5 Å². The summed E-state index contributed by atoms with van der Waals surface area (Å²) in [7, 11) is 1.98. The second-order valence-corrected chi connectivity index (χ2v) is 4.20. The van der Waals surface area contributed by atoms with Gasteiger partial charge in [-0.2, -0.15) is 0 Å². The van der Waals surface area contributed by atoms with Crippen molar-refractivity contribution in [3.05, 3.63) is 18.2 Å². The molecule has 0 aromatic heterocycles. The summed E-state index contributed by atoms with van der Waals surface area (Å²) in [5.41, 5.74) is 0. The third-order valence-electron chi connectivity index (χ3n) is 2.89. The zero-order chi connectivity index (χ0) is 12.1. The van der Waals surface area contributed by atoms with Crippen LogP contribution in [0.15, 0.2) is 18.2 Å². The standard InChI is InChI=1S/C13H19NO3/c1-10(14-2)4-3-7-15-11-5-6-12-13(8-11)17-9-16-12/h5-6,8,10,14H,3-4,7,9H2,1-2H3. The lowest BCUT2D eigenvalue weighted by Crippen LogP contribution is -2.21. The van der Waals surface area contributed by atoms with Crippen LogP contribution < -0.4 is 19.5 Å². The van der Waals surface area contributed by atoms with Crippen LogP contribution in [0, 0.1) is 0 Å². The van der Waals surface area contributed by atoms with Gasteiger partial charge in [0.25, 0.3) is 0 Å². The lowest BCUT2D eigenvalue weighted by atomic mass is 10.2. The molecule has 0 aliphatic carbocycles. The Morgan fingerprint density at radius 1 is 1.35 bits per heavy atom. The summed E-state index contributed by atoms with van der Waals surface area (Å²) < 4.78 is 16.2. The Hall–Kier alpha value is -1.42. The average Bonchev–Trinajstić information content (AvgIpc) is 2.81. The fourth-order valence-electron chi connectivity index (χ4n) is 1.69.